The fourth-order valence-electron chi connectivity index (χ4n) is 2.62. The number of likely N-dealkylation sites (tertiary alicyclic amines) is 1. The first-order valence-electron chi connectivity index (χ1n) is 7.48. The number of carbonyl (C=O) groups is 1. The number of carbonyl (C=O) groups excluding carboxylic acids is 1. The average molecular weight is 284 g/mol. The van der Waals surface area contributed by atoms with Crippen LogP contribution in [0.1, 0.15) is 43.3 Å². The summed E-state index contributed by atoms with van der Waals surface area (Å²) in [5.74, 6) is 1.02. The molecule has 1 aromatic heterocycles. The Balaban J connectivity index is 1.98. The van der Waals surface area contributed by atoms with Gasteiger partial charge in [-0.3, -0.25) is 4.79 Å². The van der Waals surface area contributed by atoms with Crippen LogP contribution in [0.2, 0.25) is 0 Å². The van der Waals surface area contributed by atoms with E-state index in [1.807, 2.05) is 53.8 Å². The highest BCUT2D eigenvalue weighted by atomic mass is 16.2. The molecule has 2 heterocycles. The van der Waals surface area contributed by atoms with E-state index in [1.54, 1.807) is 0 Å². The van der Waals surface area contributed by atoms with Crippen LogP contribution in [-0.4, -0.2) is 38.7 Å². The summed E-state index contributed by atoms with van der Waals surface area (Å²) in [6.45, 7) is 5.72. The Hall–Kier alpha value is -2.17. The third-order valence-corrected chi connectivity index (χ3v) is 3.74. The predicted octanol–water partition coefficient (Wildman–Crippen LogP) is 2.76. The van der Waals surface area contributed by atoms with E-state index in [2.05, 4.69) is 10.1 Å². The van der Waals surface area contributed by atoms with Gasteiger partial charge in [0.25, 0.3) is 5.91 Å². The average Bonchev–Trinajstić information content (AvgIpc) is 3.17. The lowest BCUT2D eigenvalue weighted by Crippen LogP contribution is -2.28. The molecule has 0 unspecified atom stereocenters. The number of nitrogens with zero attached hydrogens (tertiary/aromatic N) is 4. The Labute approximate surface area is 124 Å². The molecule has 1 aliphatic rings. The van der Waals surface area contributed by atoms with E-state index in [9.17, 15) is 4.79 Å². The van der Waals surface area contributed by atoms with E-state index in [1.165, 1.54) is 0 Å². The summed E-state index contributed by atoms with van der Waals surface area (Å²) >= 11 is 0. The summed E-state index contributed by atoms with van der Waals surface area (Å²) in [6, 6.07) is 10.1. The maximum atomic E-state index is 12.5. The van der Waals surface area contributed by atoms with E-state index in [0.717, 1.165) is 37.3 Å². The molecule has 0 radical (unpaired) electrons. The molecule has 0 spiro atoms. The topological polar surface area (TPSA) is 51.0 Å². The third-order valence-electron chi connectivity index (χ3n) is 3.74. The quantitative estimate of drug-likeness (QED) is 0.871. The Morgan fingerprint density at radius 2 is 1.81 bits per heavy atom. The molecule has 5 nitrogen and oxygen atoms in total. The maximum absolute atomic E-state index is 12.5. The Morgan fingerprint density at radius 3 is 2.43 bits per heavy atom. The molecule has 1 fully saturated rings. The Kier molecular flexibility index (Phi) is 3.73. The monoisotopic (exact) mass is 284 g/mol. The second kappa shape index (κ2) is 5.68. The van der Waals surface area contributed by atoms with Gasteiger partial charge >= 0.3 is 0 Å². The van der Waals surface area contributed by atoms with Crippen LogP contribution in [0, 0.1) is 0 Å². The van der Waals surface area contributed by atoms with Gasteiger partial charge in [-0.1, -0.05) is 30.3 Å². The standard InChI is InChI=1S/C16H20N4O/c1-12(2)20-15(13-8-4-3-5-9-13)17-14(18-20)16(21)19-10-6-7-11-19/h3-5,8-9,12H,6-7,10-11H2,1-2H3. The van der Waals surface area contributed by atoms with Crippen molar-refractivity contribution in [1.29, 1.82) is 0 Å². The summed E-state index contributed by atoms with van der Waals surface area (Å²) in [5, 5.41) is 4.44. The Morgan fingerprint density at radius 1 is 1.14 bits per heavy atom. The number of amides is 1. The van der Waals surface area contributed by atoms with Crippen molar-refractivity contribution >= 4 is 5.91 Å². The molecule has 1 saturated heterocycles. The smallest absolute Gasteiger partial charge is 0.293 e. The van der Waals surface area contributed by atoms with Gasteiger partial charge in [0, 0.05) is 24.7 Å². The van der Waals surface area contributed by atoms with Gasteiger partial charge in [-0.15, -0.1) is 5.10 Å². The number of rotatable bonds is 3. The highest BCUT2D eigenvalue weighted by molar-refractivity contribution is 5.91. The minimum atomic E-state index is -0.0518. The molecule has 21 heavy (non-hydrogen) atoms. The van der Waals surface area contributed by atoms with E-state index in [-0.39, 0.29) is 11.9 Å². The van der Waals surface area contributed by atoms with Crippen molar-refractivity contribution in [3.8, 4) is 11.4 Å². The van der Waals surface area contributed by atoms with Crippen LogP contribution in [-0.2, 0) is 0 Å². The first-order chi connectivity index (χ1) is 10.2. The van der Waals surface area contributed by atoms with Crippen molar-refractivity contribution < 1.29 is 4.79 Å². The summed E-state index contributed by atoms with van der Waals surface area (Å²) in [6.07, 6.45) is 2.14. The second-order valence-electron chi connectivity index (χ2n) is 5.66. The normalized spacial score (nSPS) is 14.9. The molecule has 5 heteroatoms. The van der Waals surface area contributed by atoms with Gasteiger partial charge < -0.3 is 4.90 Å². The molecular formula is C16H20N4O. The van der Waals surface area contributed by atoms with Crippen LogP contribution in [0.3, 0.4) is 0 Å². The van der Waals surface area contributed by atoms with E-state index < -0.39 is 0 Å². The van der Waals surface area contributed by atoms with Crippen molar-refractivity contribution in [2.24, 2.45) is 0 Å². The molecule has 0 atom stereocenters. The van der Waals surface area contributed by atoms with Crippen LogP contribution in [0.5, 0.6) is 0 Å². The van der Waals surface area contributed by atoms with Crippen molar-refractivity contribution in [2.45, 2.75) is 32.7 Å². The van der Waals surface area contributed by atoms with Crippen molar-refractivity contribution in [1.82, 2.24) is 19.7 Å². The van der Waals surface area contributed by atoms with Crippen LogP contribution < -0.4 is 0 Å². The van der Waals surface area contributed by atoms with Crippen molar-refractivity contribution in [3.63, 3.8) is 0 Å². The first-order valence-corrected chi connectivity index (χ1v) is 7.48. The fraction of sp³-hybridized carbons (Fsp3) is 0.438. The number of aromatic nitrogens is 3. The highest BCUT2D eigenvalue weighted by Gasteiger charge is 2.25. The maximum Gasteiger partial charge on any atom is 0.293 e. The van der Waals surface area contributed by atoms with Gasteiger partial charge in [0.1, 0.15) is 0 Å². The van der Waals surface area contributed by atoms with Crippen molar-refractivity contribution in [2.75, 3.05) is 13.1 Å². The molecule has 1 aromatic carbocycles. The SMILES string of the molecule is CC(C)n1nc(C(=O)N2CCCC2)nc1-c1ccccc1. The van der Waals surface area contributed by atoms with Gasteiger partial charge in [-0.05, 0) is 26.7 Å². The molecule has 3 rings (SSSR count). The zero-order valence-corrected chi connectivity index (χ0v) is 12.5. The first kappa shape index (κ1) is 13.8. The molecule has 1 aliphatic heterocycles. The van der Waals surface area contributed by atoms with E-state index in [4.69, 9.17) is 0 Å². The molecule has 0 bridgehead atoms. The van der Waals surface area contributed by atoms with Crippen LogP contribution in [0.4, 0.5) is 0 Å². The minimum Gasteiger partial charge on any atom is -0.336 e. The summed E-state index contributed by atoms with van der Waals surface area (Å²) in [4.78, 5) is 18.8. The molecule has 1 amide bonds. The summed E-state index contributed by atoms with van der Waals surface area (Å²) in [7, 11) is 0. The largest absolute Gasteiger partial charge is 0.336 e. The molecule has 110 valence electrons. The second-order valence-corrected chi connectivity index (χ2v) is 5.66. The molecule has 0 aliphatic carbocycles. The van der Waals surface area contributed by atoms with Gasteiger partial charge in [0.05, 0.1) is 0 Å². The van der Waals surface area contributed by atoms with Crippen LogP contribution >= 0.6 is 0 Å². The third kappa shape index (κ3) is 2.68. The minimum absolute atomic E-state index is 0.0518. The lowest BCUT2D eigenvalue weighted by molar-refractivity contribution is 0.0780. The van der Waals surface area contributed by atoms with Gasteiger partial charge in [-0.25, -0.2) is 9.67 Å². The van der Waals surface area contributed by atoms with E-state index in [0.29, 0.717) is 5.82 Å². The van der Waals surface area contributed by atoms with Crippen LogP contribution in [0.15, 0.2) is 30.3 Å². The summed E-state index contributed by atoms with van der Waals surface area (Å²) < 4.78 is 1.83. The van der Waals surface area contributed by atoms with Gasteiger partial charge in [-0.2, -0.15) is 0 Å². The van der Waals surface area contributed by atoms with E-state index >= 15 is 0 Å². The molecular weight excluding hydrogens is 264 g/mol. The number of benzene rings is 1. The molecule has 0 saturated carbocycles. The van der Waals surface area contributed by atoms with Gasteiger partial charge in [0.2, 0.25) is 5.82 Å². The lowest BCUT2D eigenvalue weighted by Gasteiger charge is -2.12. The molecule has 2 aromatic rings. The fourth-order valence-corrected chi connectivity index (χ4v) is 2.62. The van der Waals surface area contributed by atoms with Crippen molar-refractivity contribution in [3.05, 3.63) is 36.2 Å². The predicted molar refractivity (Wildman–Crippen MR) is 81.0 cm³/mol. The Bertz CT molecular complexity index is 627. The zero-order chi connectivity index (χ0) is 14.8. The lowest BCUT2D eigenvalue weighted by atomic mass is 10.2. The molecule has 0 N–H and O–H groups in total. The number of hydrogen-bond acceptors (Lipinski definition) is 3. The zero-order valence-electron chi connectivity index (χ0n) is 12.5. The van der Waals surface area contributed by atoms with Gasteiger partial charge in [0.15, 0.2) is 5.82 Å². The summed E-state index contributed by atoms with van der Waals surface area (Å²) in [5.41, 5.74) is 0.985. The van der Waals surface area contributed by atoms with Crippen LogP contribution in [0.25, 0.3) is 11.4 Å². The number of hydrogen-bond donors (Lipinski definition) is 0. The highest BCUT2D eigenvalue weighted by Crippen LogP contribution is 2.21.